The highest BCUT2D eigenvalue weighted by Gasteiger charge is 2.28. The third-order valence-corrected chi connectivity index (χ3v) is 7.13. The van der Waals surface area contributed by atoms with Crippen LogP contribution in [0.1, 0.15) is 28.8 Å². The Morgan fingerprint density at radius 1 is 1.18 bits per heavy atom. The predicted molar refractivity (Wildman–Crippen MR) is 135 cm³/mol. The maximum atomic E-state index is 13.6. The second-order valence-electron chi connectivity index (χ2n) is 8.74. The zero-order valence-electron chi connectivity index (χ0n) is 19.1. The van der Waals surface area contributed by atoms with Crippen LogP contribution in [-0.4, -0.2) is 33.5 Å². The number of nitrogens with one attached hydrogen (secondary N) is 1. The smallest absolute Gasteiger partial charge is 0.295 e. The molecule has 1 atom stereocenters. The van der Waals surface area contributed by atoms with Crippen molar-refractivity contribution in [2.24, 2.45) is 5.92 Å². The number of carbonyl (C=O) groups excluding carboxylic acids is 1. The number of anilines is 1. The lowest BCUT2D eigenvalue weighted by Gasteiger charge is -2.32. The van der Waals surface area contributed by atoms with Gasteiger partial charge in [0.25, 0.3) is 5.56 Å². The number of hydrogen-bond acceptors (Lipinski definition) is 6. The molecule has 8 heteroatoms. The monoisotopic (exact) mass is 473 g/mol. The number of pyridine rings is 1. The molecule has 0 bridgehead atoms. The lowest BCUT2D eigenvalue weighted by Crippen LogP contribution is -2.45. The first-order valence-electron chi connectivity index (χ1n) is 11.5. The van der Waals surface area contributed by atoms with Gasteiger partial charge >= 0.3 is 0 Å². The summed E-state index contributed by atoms with van der Waals surface area (Å²) in [5, 5.41) is 5.06. The van der Waals surface area contributed by atoms with E-state index in [-0.39, 0.29) is 17.4 Å². The van der Waals surface area contributed by atoms with Gasteiger partial charge in [0.1, 0.15) is 5.52 Å². The highest BCUT2D eigenvalue weighted by molar-refractivity contribution is 7.09. The summed E-state index contributed by atoms with van der Waals surface area (Å²) in [6.45, 7) is 4.18. The Kier molecular flexibility index (Phi) is 6.40. The third kappa shape index (κ3) is 4.72. The van der Waals surface area contributed by atoms with E-state index in [9.17, 15) is 9.59 Å². The topological polar surface area (TPSA) is 80.1 Å². The minimum atomic E-state index is -0.176. The van der Waals surface area contributed by atoms with E-state index in [0.717, 1.165) is 23.3 Å². The Hall–Kier alpha value is -3.52. The molecule has 1 aromatic carbocycles. The minimum Gasteiger partial charge on any atom is -0.351 e. The quantitative estimate of drug-likeness (QED) is 0.461. The van der Waals surface area contributed by atoms with Crippen molar-refractivity contribution in [3.8, 4) is 0 Å². The van der Waals surface area contributed by atoms with Crippen LogP contribution in [0.3, 0.4) is 0 Å². The molecule has 5 rings (SSSR count). The van der Waals surface area contributed by atoms with Crippen molar-refractivity contribution in [1.82, 2.24) is 19.9 Å². The summed E-state index contributed by atoms with van der Waals surface area (Å²) in [7, 11) is 0. The van der Waals surface area contributed by atoms with Crippen molar-refractivity contribution in [3.63, 3.8) is 0 Å². The molecular weight excluding hydrogens is 446 g/mol. The zero-order valence-corrected chi connectivity index (χ0v) is 19.9. The number of aryl methyl sites for hydroxylation is 1. The highest BCUT2D eigenvalue weighted by Crippen LogP contribution is 2.22. The van der Waals surface area contributed by atoms with Crippen LogP contribution in [0.15, 0.2) is 64.9 Å². The van der Waals surface area contributed by atoms with Gasteiger partial charge in [-0.05, 0) is 48.9 Å². The van der Waals surface area contributed by atoms with Crippen LogP contribution in [0.5, 0.6) is 0 Å². The first-order valence-corrected chi connectivity index (χ1v) is 12.4. The lowest BCUT2D eigenvalue weighted by molar-refractivity contribution is -0.125. The number of nitrogens with zero attached hydrogens (tertiary/aromatic N) is 4. The van der Waals surface area contributed by atoms with Gasteiger partial charge in [-0.2, -0.15) is 0 Å². The van der Waals surface area contributed by atoms with Gasteiger partial charge in [0.2, 0.25) is 5.91 Å². The van der Waals surface area contributed by atoms with Gasteiger partial charge in [-0.1, -0.05) is 35.9 Å². The predicted octanol–water partition coefficient (Wildman–Crippen LogP) is 3.74. The van der Waals surface area contributed by atoms with Crippen LogP contribution < -0.4 is 15.8 Å². The standard InChI is InChI=1S/C26H27N5O2S/c1-18-8-10-19(11-9-18)16-31-23-22(7-2-12-27-23)29-24(26(31)33)30-13-3-5-20(17-30)25(32)28-15-21-6-4-14-34-21/h2,4,6-12,14,20H,3,5,13,15-17H2,1H3,(H,28,32). The van der Waals surface area contributed by atoms with Crippen molar-refractivity contribution in [2.45, 2.75) is 32.9 Å². The van der Waals surface area contributed by atoms with E-state index >= 15 is 0 Å². The fourth-order valence-electron chi connectivity index (χ4n) is 4.41. The number of piperidine rings is 1. The fourth-order valence-corrected chi connectivity index (χ4v) is 5.05. The molecule has 0 spiro atoms. The average molecular weight is 474 g/mol. The second kappa shape index (κ2) is 9.77. The van der Waals surface area contributed by atoms with Crippen LogP contribution >= 0.6 is 11.3 Å². The van der Waals surface area contributed by atoms with Gasteiger partial charge in [-0.3, -0.25) is 14.2 Å². The molecule has 7 nitrogen and oxygen atoms in total. The van der Waals surface area contributed by atoms with Gasteiger partial charge in [0.05, 0.1) is 19.0 Å². The molecule has 1 amide bonds. The molecule has 4 heterocycles. The molecule has 1 unspecified atom stereocenters. The molecule has 1 N–H and O–H groups in total. The largest absolute Gasteiger partial charge is 0.351 e. The number of carbonyl (C=O) groups is 1. The number of thiophene rings is 1. The number of hydrogen-bond donors (Lipinski definition) is 1. The minimum absolute atomic E-state index is 0.0283. The van der Waals surface area contributed by atoms with Crippen molar-refractivity contribution in [1.29, 1.82) is 0 Å². The van der Waals surface area contributed by atoms with Crippen LogP contribution in [0, 0.1) is 12.8 Å². The molecule has 4 aromatic rings. The van der Waals surface area contributed by atoms with Gasteiger partial charge in [0, 0.05) is 24.2 Å². The molecule has 1 aliphatic heterocycles. The number of rotatable bonds is 6. The van der Waals surface area contributed by atoms with Crippen molar-refractivity contribution in [2.75, 3.05) is 18.0 Å². The van der Waals surface area contributed by atoms with Crippen molar-refractivity contribution < 1.29 is 4.79 Å². The van der Waals surface area contributed by atoms with E-state index in [1.165, 1.54) is 5.56 Å². The SMILES string of the molecule is Cc1ccc(Cn2c(=O)c(N3CCCC(C(=O)NCc4cccs4)C3)nc3cccnc32)cc1. The summed E-state index contributed by atoms with van der Waals surface area (Å²) in [6.07, 6.45) is 3.32. The maximum Gasteiger partial charge on any atom is 0.295 e. The number of amides is 1. The fraction of sp³-hybridized carbons (Fsp3) is 0.308. The molecule has 34 heavy (non-hydrogen) atoms. The van der Waals surface area contributed by atoms with E-state index in [4.69, 9.17) is 4.98 Å². The van der Waals surface area contributed by atoms with Crippen LogP contribution in [0.25, 0.3) is 11.2 Å². The Morgan fingerprint density at radius 3 is 2.82 bits per heavy atom. The van der Waals surface area contributed by atoms with Gasteiger partial charge in [0.15, 0.2) is 11.5 Å². The Balaban J connectivity index is 1.42. The van der Waals surface area contributed by atoms with E-state index in [0.29, 0.717) is 43.2 Å². The van der Waals surface area contributed by atoms with Gasteiger partial charge < -0.3 is 10.2 Å². The number of aromatic nitrogens is 3. The van der Waals surface area contributed by atoms with Crippen molar-refractivity contribution in [3.05, 3.63) is 86.5 Å². The van der Waals surface area contributed by atoms with Crippen molar-refractivity contribution >= 4 is 34.2 Å². The lowest BCUT2D eigenvalue weighted by atomic mass is 9.97. The second-order valence-corrected chi connectivity index (χ2v) is 9.77. The first kappa shape index (κ1) is 22.3. The van der Waals surface area contributed by atoms with Crippen LogP contribution in [0.2, 0.25) is 0 Å². The van der Waals surface area contributed by atoms with E-state index in [1.54, 1.807) is 22.1 Å². The molecule has 174 valence electrons. The van der Waals surface area contributed by atoms with Crippen LogP contribution in [-0.2, 0) is 17.9 Å². The summed E-state index contributed by atoms with van der Waals surface area (Å²) in [6, 6.07) is 15.9. The molecular formula is C26H27N5O2S. The number of benzene rings is 1. The Bertz CT molecular complexity index is 1350. The molecule has 1 saturated heterocycles. The summed E-state index contributed by atoms with van der Waals surface area (Å²) >= 11 is 1.63. The Morgan fingerprint density at radius 2 is 2.03 bits per heavy atom. The molecule has 0 radical (unpaired) electrons. The molecule has 0 aliphatic carbocycles. The summed E-state index contributed by atoms with van der Waals surface area (Å²) in [5.41, 5.74) is 3.27. The van der Waals surface area contributed by atoms with Gasteiger partial charge in [-0.15, -0.1) is 11.3 Å². The molecule has 3 aromatic heterocycles. The summed E-state index contributed by atoms with van der Waals surface area (Å²) < 4.78 is 1.70. The highest BCUT2D eigenvalue weighted by atomic mass is 32.1. The molecule has 1 fully saturated rings. The third-order valence-electron chi connectivity index (χ3n) is 6.25. The maximum absolute atomic E-state index is 13.6. The number of fused-ring (bicyclic) bond motifs is 1. The first-order chi connectivity index (χ1) is 16.6. The van der Waals surface area contributed by atoms with Crippen LogP contribution in [0.4, 0.5) is 5.82 Å². The summed E-state index contributed by atoms with van der Waals surface area (Å²) in [5.74, 6) is 0.244. The zero-order chi connectivity index (χ0) is 23.5. The molecule has 1 aliphatic rings. The van der Waals surface area contributed by atoms with E-state index in [1.807, 2.05) is 65.7 Å². The normalized spacial score (nSPS) is 16.0. The van der Waals surface area contributed by atoms with Gasteiger partial charge in [-0.25, -0.2) is 9.97 Å². The Labute approximate surface area is 202 Å². The van der Waals surface area contributed by atoms with E-state index in [2.05, 4.69) is 10.3 Å². The average Bonchev–Trinajstić information content (AvgIpc) is 3.39. The summed E-state index contributed by atoms with van der Waals surface area (Å²) in [4.78, 5) is 38.7. The molecule has 0 saturated carbocycles. The van der Waals surface area contributed by atoms with E-state index < -0.39 is 0 Å².